The molecule has 6 heteroatoms. The van der Waals surface area contributed by atoms with Crippen LogP contribution in [0.4, 0.5) is 8.78 Å². The number of aryl methyl sites for hydroxylation is 2. The van der Waals surface area contributed by atoms with Crippen molar-refractivity contribution in [1.82, 2.24) is 14.9 Å². The maximum absolute atomic E-state index is 13.5. The average Bonchev–Trinajstić information content (AvgIpc) is 2.85. The molecular formula is C15H17F2N3O. The van der Waals surface area contributed by atoms with Crippen molar-refractivity contribution in [3.8, 4) is 0 Å². The molecule has 112 valence electrons. The summed E-state index contributed by atoms with van der Waals surface area (Å²) in [4.78, 5) is 15.1. The summed E-state index contributed by atoms with van der Waals surface area (Å²) in [5.74, 6) is -3.11. The smallest absolute Gasteiger partial charge is 0.254 e. The Labute approximate surface area is 121 Å². The minimum atomic E-state index is -1.26. The van der Waals surface area contributed by atoms with Crippen LogP contribution in [0.25, 0.3) is 0 Å². The van der Waals surface area contributed by atoms with E-state index in [1.807, 2.05) is 36.9 Å². The molecule has 2 aromatic rings. The molecule has 2 aromatic heterocycles. The molecule has 0 aliphatic carbocycles. The van der Waals surface area contributed by atoms with E-state index in [0.717, 1.165) is 24.4 Å². The first-order valence-electron chi connectivity index (χ1n) is 6.70. The van der Waals surface area contributed by atoms with Crippen molar-refractivity contribution in [2.45, 2.75) is 25.8 Å². The molecule has 2 heterocycles. The third kappa shape index (κ3) is 3.65. The normalized spacial score (nSPS) is 12.2. The lowest BCUT2D eigenvalue weighted by Gasteiger charge is -2.14. The molecule has 1 amide bonds. The van der Waals surface area contributed by atoms with Gasteiger partial charge in [0.05, 0.1) is 5.56 Å². The quantitative estimate of drug-likeness (QED) is 0.861. The lowest BCUT2D eigenvalue weighted by Crippen LogP contribution is -2.33. The zero-order chi connectivity index (χ0) is 15.4. The molecule has 2 rings (SSSR count). The van der Waals surface area contributed by atoms with Crippen molar-refractivity contribution in [2.24, 2.45) is 7.05 Å². The monoisotopic (exact) mass is 293 g/mol. The first kappa shape index (κ1) is 15.2. The number of nitrogens with one attached hydrogen (secondary N) is 1. The lowest BCUT2D eigenvalue weighted by molar-refractivity contribution is 0.0933. The van der Waals surface area contributed by atoms with Crippen LogP contribution in [0.5, 0.6) is 0 Å². The summed E-state index contributed by atoms with van der Waals surface area (Å²) < 4.78 is 28.5. The highest BCUT2D eigenvalue weighted by Crippen LogP contribution is 2.10. The Balaban J connectivity index is 1.93. The Bertz CT molecular complexity index is 640. The molecule has 0 aliphatic heterocycles. The molecule has 0 unspecified atom stereocenters. The van der Waals surface area contributed by atoms with Crippen LogP contribution in [0, 0.1) is 11.8 Å². The molecule has 0 saturated heterocycles. The SMILES string of the molecule is C[C@H](CCc1cccn1C)NC(=O)c1ccnc(F)c1F. The minimum Gasteiger partial charge on any atom is -0.354 e. The summed E-state index contributed by atoms with van der Waals surface area (Å²) in [6.45, 7) is 1.83. The molecule has 1 N–H and O–H groups in total. The van der Waals surface area contributed by atoms with Gasteiger partial charge in [-0.05, 0) is 38.0 Å². The number of hydrogen-bond acceptors (Lipinski definition) is 2. The van der Waals surface area contributed by atoms with E-state index in [4.69, 9.17) is 0 Å². The molecule has 21 heavy (non-hydrogen) atoms. The number of pyridine rings is 1. The Kier molecular flexibility index (Phi) is 4.67. The largest absolute Gasteiger partial charge is 0.354 e. The van der Waals surface area contributed by atoms with Gasteiger partial charge in [-0.2, -0.15) is 4.39 Å². The van der Waals surface area contributed by atoms with Gasteiger partial charge in [0.2, 0.25) is 5.95 Å². The number of halogens is 2. The second-order valence-electron chi connectivity index (χ2n) is 4.99. The molecule has 0 aliphatic rings. The van der Waals surface area contributed by atoms with Gasteiger partial charge < -0.3 is 9.88 Å². The summed E-state index contributed by atoms with van der Waals surface area (Å²) in [6, 6.07) is 4.97. The molecule has 1 atom stereocenters. The van der Waals surface area contributed by atoms with Crippen LogP contribution in [0.1, 0.15) is 29.4 Å². The number of nitrogens with zero attached hydrogens (tertiary/aromatic N) is 2. The highest BCUT2D eigenvalue weighted by Gasteiger charge is 2.17. The number of hydrogen-bond donors (Lipinski definition) is 1. The summed E-state index contributed by atoms with van der Waals surface area (Å²) in [7, 11) is 1.95. The van der Waals surface area contributed by atoms with Crippen LogP contribution >= 0.6 is 0 Å². The van der Waals surface area contributed by atoms with Crippen LogP contribution in [0.15, 0.2) is 30.6 Å². The van der Waals surface area contributed by atoms with E-state index in [2.05, 4.69) is 10.3 Å². The van der Waals surface area contributed by atoms with Gasteiger partial charge in [-0.3, -0.25) is 4.79 Å². The van der Waals surface area contributed by atoms with E-state index in [1.165, 1.54) is 0 Å². The van der Waals surface area contributed by atoms with E-state index in [1.54, 1.807) is 0 Å². The maximum atomic E-state index is 13.5. The van der Waals surface area contributed by atoms with E-state index >= 15 is 0 Å². The number of rotatable bonds is 5. The Hall–Kier alpha value is -2.24. The molecular weight excluding hydrogens is 276 g/mol. The number of amides is 1. The fraction of sp³-hybridized carbons (Fsp3) is 0.333. The second-order valence-corrected chi connectivity index (χ2v) is 4.99. The van der Waals surface area contributed by atoms with E-state index < -0.39 is 17.7 Å². The van der Waals surface area contributed by atoms with Gasteiger partial charge in [-0.25, -0.2) is 9.37 Å². The number of carbonyl (C=O) groups is 1. The van der Waals surface area contributed by atoms with Crippen LogP contribution in [-0.4, -0.2) is 21.5 Å². The summed E-state index contributed by atoms with van der Waals surface area (Å²) in [5, 5.41) is 2.66. The topological polar surface area (TPSA) is 46.9 Å². The molecule has 0 radical (unpaired) electrons. The maximum Gasteiger partial charge on any atom is 0.254 e. The number of carbonyl (C=O) groups excluding carboxylic acids is 1. The van der Waals surface area contributed by atoms with Crippen LogP contribution in [-0.2, 0) is 13.5 Å². The summed E-state index contributed by atoms with van der Waals surface area (Å²) >= 11 is 0. The highest BCUT2D eigenvalue weighted by molar-refractivity contribution is 5.94. The zero-order valence-electron chi connectivity index (χ0n) is 11.9. The fourth-order valence-corrected chi connectivity index (χ4v) is 2.09. The fourth-order valence-electron chi connectivity index (χ4n) is 2.09. The van der Waals surface area contributed by atoms with Gasteiger partial charge in [0.1, 0.15) is 0 Å². The third-order valence-electron chi connectivity index (χ3n) is 3.35. The molecule has 0 spiro atoms. The molecule has 0 saturated carbocycles. The van der Waals surface area contributed by atoms with E-state index in [0.29, 0.717) is 6.42 Å². The van der Waals surface area contributed by atoms with E-state index in [-0.39, 0.29) is 11.6 Å². The summed E-state index contributed by atoms with van der Waals surface area (Å²) in [5.41, 5.74) is 0.824. The van der Waals surface area contributed by atoms with Crippen molar-refractivity contribution < 1.29 is 13.6 Å². The molecule has 0 aromatic carbocycles. The first-order valence-corrected chi connectivity index (χ1v) is 6.70. The van der Waals surface area contributed by atoms with Gasteiger partial charge in [0.15, 0.2) is 5.82 Å². The molecule has 0 fully saturated rings. The minimum absolute atomic E-state index is 0.150. The average molecular weight is 293 g/mol. The molecule has 4 nitrogen and oxygen atoms in total. The van der Waals surface area contributed by atoms with Crippen LogP contribution in [0.2, 0.25) is 0 Å². The lowest BCUT2D eigenvalue weighted by atomic mass is 10.1. The predicted molar refractivity (Wildman–Crippen MR) is 74.8 cm³/mol. The van der Waals surface area contributed by atoms with Gasteiger partial charge in [-0.1, -0.05) is 0 Å². The summed E-state index contributed by atoms with van der Waals surface area (Å²) in [6.07, 6.45) is 4.52. The van der Waals surface area contributed by atoms with Crippen molar-refractivity contribution in [3.05, 3.63) is 53.6 Å². The van der Waals surface area contributed by atoms with Gasteiger partial charge >= 0.3 is 0 Å². The standard InChI is InChI=1S/C15H17F2N3O/c1-10(5-6-11-4-3-9-20(11)2)19-15(21)12-7-8-18-14(17)13(12)16/h3-4,7-10H,5-6H2,1-2H3,(H,19,21)/t10-/m1/s1. The van der Waals surface area contributed by atoms with Crippen molar-refractivity contribution in [1.29, 1.82) is 0 Å². The third-order valence-corrected chi connectivity index (χ3v) is 3.35. The predicted octanol–water partition coefficient (Wildman–Crippen LogP) is 2.45. The van der Waals surface area contributed by atoms with Crippen molar-refractivity contribution in [2.75, 3.05) is 0 Å². The Morgan fingerprint density at radius 3 is 2.86 bits per heavy atom. The Morgan fingerprint density at radius 1 is 1.43 bits per heavy atom. The van der Waals surface area contributed by atoms with Crippen molar-refractivity contribution >= 4 is 5.91 Å². The zero-order valence-corrected chi connectivity index (χ0v) is 11.9. The molecule has 0 bridgehead atoms. The highest BCUT2D eigenvalue weighted by atomic mass is 19.2. The first-order chi connectivity index (χ1) is 9.99. The van der Waals surface area contributed by atoms with Gasteiger partial charge in [0, 0.05) is 31.2 Å². The second kappa shape index (κ2) is 6.47. The van der Waals surface area contributed by atoms with Gasteiger partial charge in [-0.15, -0.1) is 0 Å². The van der Waals surface area contributed by atoms with E-state index in [9.17, 15) is 13.6 Å². The van der Waals surface area contributed by atoms with Gasteiger partial charge in [0.25, 0.3) is 5.91 Å². The van der Waals surface area contributed by atoms with Crippen LogP contribution in [0.3, 0.4) is 0 Å². The number of aromatic nitrogens is 2. The van der Waals surface area contributed by atoms with Crippen molar-refractivity contribution in [3.63, 3.8) is 0 Å². The van der Waals surface area contributed by atoms with Crippen LogP contribution < -0.4 is 5.32 Å². The Morgan fingerprint density at radius 2 is 2.19 bits per heavy atom.